The number of carbonyl (C=O) groups excluding carboxylic acids is 10. The fourth-order valence-corrected chi connectivity index (χ4v) is 7.25. The average molecular weight is 1040 g/mol. The van der Waals surface area contributed by atoms with Crippen LogP contribution >= 0.6 is 0 Å². The number of likely N-dealkylation sites (tertiary alicyclic amines) is 1. The molecule has 1 fully saturated rings. The van der Waals surface area contributed by atoms with Crippen molar-refractivity contribution in [2.45, 2.75) is 141 Å². The molecule has 0 aliphatic carbocycles. The predicted molar refractivity (Wildman–Crippen MR) is 253 cm³/mol. The molecule has 28 heteroatoms. The molecule has 73 heavy (non-hydrogen) atoms. The number of phenols is 1. The molecular weight excluding hydrogens is 967 g/mol. The van der Waals surface area contributed by atoms with Crippen molar-refractivity contribution in [2.24, 2.45) is 23.3 Å². The van der Waals surface area contributed by atoms with Crippen LogP contribution in [-0.4, -0.2) is 182 Å². The van der Waals surface area contributed by atoms with Crippen LogP contribution in [0.1, 0.15) is 79.2 Å². The first-order chi connectivity index (χ1) is 34.1. The molecule has 406 valence electrons. The number of primary amides is 1. The Balaban J connectivity index is 2.14. The fraction of sp³-hybridized carbons (Fsp3) is 0.600. The number of aliphatic hydroxyl groups excluding tert-OH is 2. The number of phenolic OH excluding ortho intramolecular Hbond substituents is 1. The first-order valence-corrected chi connectivity index (χ1v) is 23.3. The quantitative estimate of drug-likeness (QED) is 0.0356. The summed E-state index contributed by atoms with van der Waals surface area (Å²) >= 11 is 0. The van der Waals surface area contributed by atoms with Crippen molar-refractivity contribution in [3.63, 3.8) is 0 Å². The van der Waals surface area contributed by atoms with Gasteiger partial charge in [0, 0.05) is 13.0 Å². The number of nitrogens with two attached hydrogens (primary N) is 2. The molecule has 0 spiro atoms. The Morgan fingerprint density at radius 3 is 1.78 bits per heavy atom. The van der Waals surface area contributed by atoms with Crippen LogP contribution in [-0.2, 0) is 64.0 Å². The van der Waals surface area contributed by atoms with Crippen LogP contribution in [0.15, 0.2) is 24.3 Å². The highest BCUT2D eigenvalue weighted by Crippen LogP contribution is 2.21. The van der Waals surface area contributed by atoms with Crippen LogP contribution in [0.25, 0.3) is 0 Å². The number of nitrogens with zero attached hydrogens (tertiary/aromatic N) is 1. The smallest absolute Gasteiger partial charge is 0.325 e. The number of amides is 10. The van der Waals surface area contributed by atoms with E-state index in [1.807, 2.05) is 0 Å². The Kier molecular flexibility index (Phi) is 24.6. The zero-order valence-corrected chi connectivity index (χ0v) is 41.3. The van der Waals surface area contributed by atoms with Gasteiger partial charge in [0.1, 0.15) is 54.1 Å². The van der Waals surface area contributed by atoms with E-state index >= 15 is 0 Å². The van der Waals surface area contributed by atoms with E-state index < -0.39 is 176 Å². The normalized spacial score (nSPS) is 16.9. The van der Waals surface area contributed by atoms with Gasteiger partial charge < -0.3 is 84.4 Å². The average Bonchev–Trinajstić information content (AvgIpc) is 3.81. The predicted octanol–water partition coefficient (Wildman–Crippen LogP) is -5.71. The van der Waals surface area contributed by atoms with Crippen LogP contribution in [0.3, 0.4) is 0 Å². The lowest BCUT2D eigenvalue weighted by molar-refractivity contribution is -0.143. The van der Waals surface area contributed by atoms with E-state index in [9.17, 15) is 72.9 Å². The third-order valence-corrected chi connectivity index (χ3v) is 11.4. The Morgan fingerprint density at radius 2 is 1.25 bits per heavy atom. The number of aliphatic hydroxyl groups is 2. The van der Waals surface area contributed by atoms with E-state index in [1.54, 1.807) is 26.0 Å². The minimum Gasteiger partial charge on any atom is -0.508 e. The number of hydrogen-bond acceptors (Lipinski definition) is 16. The van der Waals surface area contributed by atoms with Crippen molar-refractivity contribution < 1.29 is 83.1 Å². The maximum absolute atomic E-state index is 13.9. The summed E-state index contributed by atoms with van der Waals surface area (Å²) in [6.45, 7) is 6.73. The summed E-state index contributed by atoms with van der Waals surface area (Å²) in [4.78, 5) is 156. The van der Waals surface area contributed by atoms with E-state index in [-0.39, 0.29) is 25.1 Å². The van der Waals surface area contributed by atoms with Gasteiger partial charge in [0.2, 0.25) is 59.1 Å². The molecule has 10 atom stereocenters. The molecule has 1 aliphatic heterocycles. The minimum absolute atomic E-state index is 0.0239. The first kappa shape index (κ1) is 61.7. The Morgan fingerprint density at radius 1 is 0.685 bits per heavy atom. The zero-order chi connectivity index (χ0) is 55.4. The van der Waals surface area contributed by atoms with E-state index in [4.69, 9.17) is 21.7 Å². The van der Waals surface area contributed by atoms with Crippen molar-refractivity contribution >= 4 is 71.0 Å². The van der Waals surface area contributed by atoms with Gasteiger partial charge in [0.25, 0.3) is 0 Å². The molecule has 28 nitrogen and oxygen atoms in total. The highest BCUT2D eigenvalue weighted by molar-refractivity contribution is 5.99. The molecule has 0 radical (unpaired) electrons. The molecule has 1 aromatic rings. The Labute approximate surface area is 419 Å². The lowest BCUT2D eigenvalue weighted by atomic mass is 10.00. The van der Waals surface area contributed by atoms with E-state index in [0.29, 0.717) is 12.0 Å². The van der Waals surface area contributed by atoms with Crippen LogP contribution in [0, 0.1) is 11.8 Å². The number of nitrogens with one attached hydrogen (secondary N) is 8. The maximum atomic E-state index is 13.9. The number of aliphatic carboxylic acids is 2. The van der Waals surface area contributed by atoms with Crippen LogP contribution in [0.5, 0.6) is 5.75 Å². The number of rotatable bonds is 29. The molecule has 1 heterocycles. The standard InChI is InChI=1S/C45H69N11O17/c1-20(2)34(42(69)48-18-32(61)50-29(19-57)40(67)51-27(13-14-33(62)63)38(65)49-22(5)45(72)73)53-39(66)28(17-31(47)60)52-43(70)36(23(6)58)55-41(68)30-8-7-15-56(30)44(71)35(21(3)4)54-37(64)26(46)16-24-9-11-25(59)12-10-24/h9-12,20-23,26-30,34-36,57-59H,7-8,13-19,46H2,1-6H3,(H2,47,60)(H,48,69)(H,49,65)(H,50,61)(H,51,67)(H,52,70)(H,53,66)(H,54,64)(H,55,68)(H,62,63)(H,72,73)/t22-,23+,26-,27-,28-,29-,30-,34-,35-,36-/m0/s1. The van der Waals surface area contributed by atoms with E-state index in [0.717, 1.165) is 13.8 Å². The monoisotopic (exact) mass is 1040 g/mol. The highest BCUT2D eigenvalue weighted by Gasteiger charge is 2.41. The third kappa shape index (κ3) is 19.9. The largest absolute Gasteiger partial charge is 0.508 e. The van der Waals surface area contributed by atoms with Crippen molar-refractivity contribution in [1.29, 1.82) is 0 Å². The van der Waals surface area contributed by atoms with Crippen molar-refractivity contribution in [2.75, 3.05) is 19.7 Å². The molecule has 10 amide bonds. The van der Waals surface area contributed by atoms with Gasteiger partial charge in [0.05, 0.1) is 31.7 Å². The van der Waals surface area contributed by atoms with Crippen LogP contribution in [0.4, 0.5) is 0 Å². The summed E-state index contributed by atoms with van der Waals surface area (Å²) in [5.74, 6) is -13.8. The first-order valence-electron chi connectivity index (χ1n) is 23.3. The fourth-order valence-electron chi connectivity index (χ4n) is 7.25. The van der Waals surface area contributed by atoms with Crippen molar-refractivity contribution in [1.82, 2.24) is 47.4 Å². The maximum Gasteiger partial charge on any atom is 0.325 e. The number of hydrogen-bond donors (Lipinski definition) is 15. The zero-order valence-electron chi connectivity index (χ0n) is 41.3. The lowest BCUT2D eigenvalue weighted by Gasteiger charge is -2.32. The second-order valence-corrected chi connectivity index (χ2v) is 18.2. The molecule has 0 aromatic heterocycles. The summed E-state index contributed by atoms with van der Waals surface area (Å²) < 4.78 is 0. The second-order valence-electron chi connectivity index (χ2n) is 18.2. The van der Waals surface area contributed by atoms with Gasteiger partial charge in [-0.15, -0.1) is 0 Å². The van der Waals surface area contributed by atoms with E-state index in [1.165, 1.54) is 30.9 Å². The number of carboxylic acid groups (broad SMARTS) is 2. The summed E-state index contributed by atoms with van der Waals surface area (Å²) in [5, 5.41) is 66.4. The highest BCUT2D eigenvalue weighted by atomic mass is 16.4. The topological polar surface area (TPSA) is 458 Å². The molecule has 1 aliphatic rings. The van der Waals surface area contributed by atoms with Crippen LogP contribution < -0.4 is 54.0 Å². The number of carboxylic acids is 2. The summed E-state index contributed by atoms with van der Waals surface area (Å²) in [6, 6.07) is -7.18. The van der Waals surface area contributed by atoms with Crippen LogP contribution in [0.2, 0.25) is 0 Å². The number of benzene rings is 1. The number of carbonyl (C=O) groups is 12. The Hall–Kier alpha value is -7.46. The molecule has 0 unspecified atom stereocenters. The Bertz CT molecular complexity index is 2170. The summed E-state index contributed by atoms with van der Waals surface area (Å²) in [5.41, 5.74) is 12.2. The molecule has 1 saturated heterocycles. The van der Waals surface area contributed by atoms with Crippen molar-refractivity contribution in [3.8, 4) is 5.75 Å². The summed E-state index contributed by atoms with van der Waals surface area (Å²) in [6.07, 6.45) is -3.05. The van der Waals surface area contributed by atoms with Gasteiger partial charge >= 0.3 is 11.9 Å². The second kappa shape index (κ2) is 29.2. The lowest BCUT2D eigenvalue weighted by Crippen LogP contribution is -2.62. The van der Waals surface area contributed by atoms with Gasteiger partial charge in [-0.05, 0) is 69.1 Å². The minimum atomic E-state index is -1.81. The molecule has 17 N–H and O–H groups in total. The van der Waals surface area contributed by atoms with Crippen molar-refractivity contribution in [3.05, 3.63) is 29.8 Å². The third-order valence-electron chi connectivity index (χ3n) is 11.4. The molecule has 2 rings (SSSR count). The SMILES string of the molecule is CC(C)[C@H](NC(=O)[C@H](CC(N)=O)NC(=O)[C@@H](NC(=O)[C@@H]1CCCN1C(=O)[C@@H](NC(=O)[C@@H](N)Cc1ccc(O)cc1)C(C)C)[C@@H](C)O)C(=O)NCC(=O)N[C@@H](CO)C(=O)N[C@@H](CCC(=O)O)C(=O)N[C@@H](C)C(=O)O. The van der Waals surface area contributed by atoms with Gasteiger partial charge in [-0.1, -0.05) is 39.8 Å². The molecule has 0 bridgehead atoms. The van der Waals surface area contributed by atoms with Gasteiger partial charge in [-0.2, -0.15) is 0 Å². The molecule has 1 aromatic carbocycles. The molecule has 0 saturated carbocycles. The number of aromatic hydroxyl groups is 1. The molecular formula is C45H69N11O17. The van der Waals surface area contributed by atoms with Gasteiger partial charge in [0.15, 0.2) is 0 Å². The van der Waals surface area contributed by atoms with Gasteiger partial charge in [-0.3, -0.25) is 57.5 Å². The van der Waals surface area contributed by atoms with E-state index in [2.05, 4.69) is 42.5 Å². The summed E-state index contributed by atoms with van der Waals surface area (Å²) in [7, 11) is 0. The van der Waals surface area contributed by atoms with Gasteiger partial charge in [-0.25, -0.2) is 0 Å².